The van der Waals surface area contributed by atoms with Crippen LogP contribution in [0.4, 0.5) is 5.82 Å². The number of aliphatic imine (C=N–C) groups is 1. The number of nitrogens with one attached hydrogen (secondary N) is 2. The maximum atomic E-state index is 6.36. The van der Waals surface area contributed by atoms with Crippen molar-refractivity contribution in [3.63, 3.8) is 0 Å². The van der Waals surface area contributed by atoms with Gasteiger partial charge in [0, 0.05) is 44.5 Å². The topological polar surface area (TPSA) is 71.0 Å². The molecule has 1 aliphatic heterocycles. The summed E-state index contributed by atoms with van der Waals surface area (Å²) in [5.41, 5.74) is 1.09. The summed E-state index contributed by atoms with van der Waals surface area (Å²) in [5, 5.41) is 7.06. The number of para-hydroxylation sites is 1. The Morgan fingerprint density at radius 3 is 2.59 bits per heavy atom. The second-order valence-corrected chi connectivity index (χ2v) is 8.49. The lowest BCUT2D eigenvalue weighted by Crippen LogP contribution is -2.48. The van der Waals surface area contributed by atoms with Crippen LogP contribution in [0.5, 0.6) is 11.5 Å². The molecule has 7 nitrogen and oxygen atoms in total. The van der Waals surface area contributed by atoms with Gasteiger partial charge in [-0.05, 0) is 56.7 Å². The normalized spacial score (nSPS) is 17.9. The molecule has 1 aromatic heterocycles. The Labute approximate surface area is 191 Å². The van der Waals surface area contributed by atoms with Gasteiger partial charge in [-0.1, -0.05) is 18.2 Å². The van der Waals surface area contributed by atoms with Gasteiger partial charge in [-0.25, -0.2) is 4.98 Å². The van der Waals surface area contributed by atoms with E-state index in [1.165, 1.54) is 12.8 Å². The highest BCUT2D eigenvalue weighted by Gasteiger charge is 2.22. The number of aromatic nitrogens is 1. The van der Waals surface area contributed by atoms with Crippen molar-refractivity contribution < 1.29 is 9.47 Å². The van der Waals surface area contributed by atoms with Crippen molar-refractivity contribution in [1.82, 2.24) is 15.6 Å². The van der Waals surface area contributed by atoms with Gasteiger partial charge in [0.1, 0.15) is 5.82 Å². The largest absolute Gasteiger partial charge is 0.493 e. The third kappa shape index (κ3) is 5.64. The fourth-order valence-electron chi connectivity index (χ4n) is 4.53. The summed E-state index contributed by atoms with van der Waals surface area (Å²) in [4.78, 5) is 11.3. The Kier molecular flexibility index (Phi) is 7.69. The molecule has 0 amide bonds. The quantitative estimate of drug-likeness (QED) is 0.508. The molecule has 1 saturated heterocycles. The van der Waals surface area contributed by atoms with Crippen LogP contribution in [0.25, 0.3) is 0 Å². The Morgan fingerprint density at radius 2 is 1.91 bits per heavy atom. The van der Waals surface area contributed by atoms with Crippen LogP contribution in [0.1, 0.15) is 44.1 Å². The molecule has 2 heterocycles. The van der Waals surface area contributed by atoms with Gasteiger partial charge in [0.2, 0.25) is 0 Å². The summed E-state index contributed by atoms with van der Waals surface area (Å²) in [7, 11) is 3.52. The van der Waals surface area contributed by atoms with E-state index in [2.05, 4.69) is 37.6 Å². The van der Waals surface area contributed by atoms with Gasteiger partial charge in [-0.2, -0.15) is 0 Å². The van der Waals surface area contributed by atoms with Crippen LogP contribution in [-0.2, 0) is 6.54 Å². The molecule has 7 heteroatoms. The van der Waals surface area contributed by atoms with E-state index in [0.717, 1.165) is 67.6 Å². The smallest absolute Gasteiger partial charge is 0.191 e. The molecule has 4 rings (SSSR count). The SMILES string of the molecule is CN=C(NCc1cccc(OC)c1OC1CCCC1)NC1CCN(c2ccccn2)CC1. The molecule has 0 radical (unpaired) electrons. The lowest BCUT2D eigenvalue weighted by molar-refractivity contribution is 0.198. The molecule has 0 spiro atoms. The van der Waals surface area contributed by atoms with E-state index in [4.69, 9.17) is 9.47 Å². The number of nitrogens with zero attached hydrogens (tertiary/aromatic N) is 3. The minimum Gasteiger partial charge on any atom is -0.493 e. The van der Waals surface area contributed by atoms with Gasteiger partial charge in [0.05, 0.1) is 13.2 Å². The zero-order chi connectivity index (χ0) is 22.2. The highest BCUT2D eigenvalue weighted by atomic mass is 16.5. The van der Waals surface area contributed by atoms with E-state index in [-0.39, 0.29) is 6.10 Å². The summed E-state index contributed by atoms with van der Waals surface area (Å²) in [6.07, 6.45) is 8.95. The molecule has 2 aromatic rings. The Hall–Kier alpha value is -2.96. The summed E-state index contributed by atoms with van der Waals surface area (Å²) in [6, 6.07) is 12.5. The molecule has 2 fully saturated rings. The van der Waals surface area contributed by atoms with Gasteiger partial charge in [0.15, 0.2) is 17.5 Å². The van der Waals surface area contributed by atoms with Crippen LogP contribution in [0.2, 0.25) is 0 Å². The van der Waals surface area contributed by atoms with Gasteiger partial charge < -0.3 is 25.0 Å². The monoisotopic (exact) mass is 437 g/mol. The van der Waals surface area contributed by atoms with Gasteiger partial charge in [-0.15, -0.1) is 0 Å². The maximum Gasteiger partial charge on any atom is 0.191 e. The molecule has 32 heavy (non-hydrogen) atoms. The lowest BCUT2D eigenvalue weighted by atomic mass is 10.1. The first-order valence-corrected chi connectivity index (χ1v) is 11.7. The number of anilines is 1. The van der Waals surface area contributed by atoms with Crippen LogP contribution in [0, 0.1) is 0 Å². The summed E-state index contributed by atoms with van der Waals surface area (Å²) < 4.78 is 12.0. The number of pyridine rings is 1. The number of benzene rings is 1. The first-order chi connectivity index (χ1) is 15.8. The summed E-state index contributed by atoms with van der Waals surface area (Å²) in [5.74, 6) is 3.52. The van der Waals surface area contributed by atoms with E-state index >= 15 is 0 Å². The molecule has 2 N–H and O–H groups in total. The molecular formula is C25H35N5O2. The second kappa shape index (κ2) is 11.1. The molecule has 1 aliphatic carbocycles. The lowest BCUT2D eigenvalue weighted by Gasteiger charge is -2.33. The highest BCUT2D eigenvalue weighted by Crippen LogP contribution is 2.34. The van der Waals surface area contributed by atoms with Crippen molar-refractivity contribution in [1.29, 1.82) is 0 Å². The summed E-state index contributed by atoms with van der Waals surface area (Å²) in [6.45, 7) is 2.60. The average molecular weight is 438 g/mol. The van der Waals surface area contributed by atoms with Gasteiger partial charge >= 0.3 is 0 Å². The molecule has 0 bridgehead atoms. The predicted octanol–water partition coefficient (Wildman–Crippen LogP) is 3.75. The van der Waals surface area contributed by atoms with Crippen molar-refractivity contribution in [2.75, 3.05) is 32.1 Å². The van der Waals surface area contributed by atoms with E-state index < -0.39 is 0 Å². The number of hydrogen-bond acceptors (Lipinski definition) is 5. The first-order valence-electron chi connectivity index (χ1n) is 11.7. The first kappa shape index (κ1) is 22.2. The van der Waals surface area contributed by atoms with E-state index in [1.807, 2.05) is 37.5 Å². The molecule has 1 aromatic carbocycles. The minimum atomic E-state index is 0.284. The van der Waals surface area contributed by atoms with Crippen LogP contribution < -0.4 is 25.0 Å². The van der Waals surface area contributed by atoms with Crippen molar-refractivity contribution >= 4 is 11.8 Å². The molecule has 1 saturated carbocycles. The van der Waals surface area contributed by atoms with Crippen LogP contribution in [-0.4, -0.2) is 50.3 Å². The summed E-state index contributed by atoms with van der Waals surface area (Å²) >= 11 is 0. The molecule has 172 valence electrons. The number of guanidine groups is 1. The average Bonchev–Trinajstić information content (AvgIpc) is 3.36. The number of ether oxygens (including phenoxy) is 2. The third-order valence-electron chi connectivity index (χ3n) is 6.35. The Balaban J connectivity index is 1.32. The number of piperidine rings is 1. The van der Waals surface area contributed by atoms with Gasteiger partial charge in [-0.3, -0.25) is 4.99 Å². The molecular weight excluding hydrogens is 402 g/mol. The number of hydrogen-bond donors (Lipinski definition) is 2. The fourth-order valence-corrected chi connectivity index (χ4v) is 4.53. The van der Waals surface area contributed by atoms with Gasteiger partial charge in [0.25, 0.3) is 0 Å². The highest BCUT2D eigenvalue weighted by molar-refractivity contribution is 5.80. The van der Waals surface area contributed by atoms with Crippen LogP contribution in [0.3, 0.4) is 0 Å². The van der Waals surface area contributed by atoms with Crippen molar-refractivity contribution in [3.8, 4) is 11.5 Å². The zero-order valence-corrected chi connectivity index (χ0v) is 19.2. The molecule has 0 atom stereocenters. The zero-order valence-electron chi connectivity index (χ0n) is 19.2. The second-order valence-electron chi connectivity index (χ2n) is 8.49. The van der Waals surface area contributed by atoms with Crippen LogP contribution in [0.15, 0.2) is 47.6 Å². The Morgan fingerprint density at radius 1 is 1.09 bits per heavy atom. The molecule has 2 aliphatic rings. The van der Waals surface area contributed by atoms with Crippen molar-refractivity contribution in [2.45, 2.75) is 57.2 Å². The van der Waals surface area contributed by atoms with E-state index in [9.17, 15) is 0 Å². The standard InChI is InChI=1S/C25H35N5O2/c1-26-25(29-20-13-16-30(17-14-20)23-12-5-6-15-27-23)28-18-19-8-7-11-22(31-2)24(19)32-21-9-3-4-10-21/h5-8,11-12,15,20-21H,3-4,9-10,13-14,16-18H2,1-2H3,(H2,26,28,29). The van der Waals surface area contributed by atoms with Crippen molar-refractivity contribution in [3.05, 3.63) is 48.2 Å². The Bertz CT molecular complexity index is 875. The molecule has 0 unspecified atom stereocenters. The number of methoxy groups -OCH3 is 1. The predicted molar refractivity (Wildman–Crippen MR) is 129 cm³/mol. The van der Waals surface area contributed by atoms with E-state index in [0.29, 0.717) is 12.6 Å². The van der Waals surface area contributed by atoms with E-state index in [1.54, 1.807) is 7.11 Å². The minimum absolute atomic E-state index is 0.284. The third-order valence-corrected chi connectivity index (χ3v) is 6.35. The maximum absolute atomic E-state index is 6.36. The van der Waals surface area contributed by atoms with Crippen molar-refractivity contribution in [2.24, 2.45) is 4.99 Å². The van der Waals surface area contributed by atoms with Crippen LogP contribution >= 0.6 is 0 Å². The fraction of sp³-hybridized carbons (Fsp3) is 0.520. The number of rotatable bonds is 7.